The Kier molecular flexibility index (Phi) is 2.69. The Bertz CT molecular complexity index is 1480. The number of allylic oxidation sites excluding steroid dienone is 4. The molecule has 3 heteroatoms. The molecule has 0 saturated heterocycles. The van der Waals surface area contributed by atoms with Crippen molar-refractivity contribution in [1.29, 1.82) is 0 Å². The van der Waals surface area contributed by atoms with Gasteiger partial charge in [0, 0.05) is 28.2 Å². The second-order valence-corrected chi connectivity index (χ2v) is 9.47. The largest absolute Gasteiger partial charge is 0.298 e. The zero-order valence-electron chi connectivity index (χ0n) is 17.2. The Morgan fingerprint density at radius 2 is 1.06 bits per heavy atom. The molecule has 5 aliphatic rings. The summed E-state index contributed by atoms with van der Waals surface area (Å²) in [5, 5.41) is 0. The fourth-order valence-corrected chi connectivity index (χ4v) is 7.03. The van der Waals surface area contributed by atoms with Gasteiger partial charge in [0.15, 0.2) is 17.3 Å². The van der Waals surface area contributed by atoms with E-state index >= 15 is 0 Å². The lowest BCUT2D eigenvalue weighted by molar-refractivity contribution is -0.121. The topological polar surface area (TPSA) is 51.2 Å². The minimum Gasteiger partial charge on any atom is -0.298 e. The van der Waals surface area contributed by atoms with E-state index in [0.717, 1.165) is 44.5 Å². The lowest BCUT2D eigenvalue weighted by Gasteiger charge is -2.41. The number of hydrogen-bond donors (Lipinski definition) is 0. The zero-order valence-corrected chi connectivity index (χ0v) is 17.2. The summed E-state index contributed by atoms with van der Waals surface area (Å²) in [6.07, 6.45) is 0. The van der Waals surface area contributed by atoms with E-state index in [1.54, 1.807) is 0 Å². The first kappa shape index (κ1) is 16.8. The Balaban J connectivity index is 1.59. The molecule has 1 saturated carbocycles. The lowest BCUT2D eigenvalue weighted by Crippen LogP contribution is -2.37. The Morgan fingerprint density at radius 3 is 1.56 bits per heavy atom. The van der Waals surface area contributed by atoms with Crippen molar-refractivity contribution in [1.82, 2.24) is 0 Å². The lowest BCUT2D eigenvalue weighted by atomic mass is 9.58. The quantitative estimate of drug-likeness (QED) is 0.513. The van der Waals surface area contributed by atoms with E-state index in [2.05, 4.69) is 0 Å². The van der Waals surface area contributed by atoms with Gasteiger partial charge in [0.05, 0.1) is 11.8 Å². The monoisotopic (exact) mass is 412 g/mol. The van der Waals surface area contributed by atoms with Gasteiger partial charge in [-0.2, -0.15) is 0 Å². The smallest absolute Gasteiger partial charge is 0.194 e. The van der Waals surface area contributed by atoms with Crippen molar-refractivity contribution in [3.8, 4) is 0 Å². The van der Waals surface area contributed by atoms with Crippen molar-refractivity contribution in [2.45, 2.75) is 24.7 Å². The number of carbonyl (C=O) groups excluding carboxylic acids is 3. The van der Waals surface area contributed by atoms with Crippen molar-refractivity contribution in [2.75, 3.05) is 0 Å². The summed E-state index contributed by atoms with van der Waals surface area (Å²) >= 11 is 0. The van der Waals surface area contributed by atoms with Crippen LogP contribution in [0, 0.1) is 6.92 Å². The van der Waals surface area contributed by atoms with Crippen molar-refractivity contribution in [3.63, 3.8) is 0 Å². The van der Waals surface area contributed by atoms with Crippen molar-refractivity contribution in [2.24, 2.45) is 0 Å². The average Bonchev–Trinajstić information content (AvgIpc) is 3.33. The van der Waals surface area contributed by atoms with Gasteiger partial charge in [-0.3, -0.25) is 14.4 Å². The Hall–Kier alpha value is -3.85. The van der Waals surface area contributed by atoms with Crippen LogP contribution in [0.3, 0.4) is 0 Å². The van der Waals surface area contributed by atoms with Gasteiger partial charge in [-0.25, -0.2) is 0 Å². The number of benzene rings is 3. The number of hydrogen-bond acceptors (Lipinski definition) is 3. The summed E-state index contributed by atoms with van der Waals surface area (Å²) in [7, 11) is 0. The predicted molar refractivity (Wildman–Crippen MR) is 120 cm³/mol. The van der Waals surface area contributed by atoms with E-state index < -0.39 is 11.8 Å². The van der Waals surface area contributed by atoms with E-state index in [9.17, 15) is 14.4 Å². The molecule has 0 heterocycles. The molecular weight excluding hydrogens is 396 g/mol. The molecule has 150 valence electrons. The molecular formula is C29H16O3. The van der Waals surface area contributed by atoms with Gasteiger partial charge in [0.2, 0.25) is 0 Å². The second-order valence-electron chi connectivity index (χ2n) is 9.47. The van der Waals surface area contributed by atoms with Gasteiger partial charge in [-0.1, -0.05) is 48.5 Å². The van der Waals surface area contributed by atoms with E-state index in [0.29, 0.717) is 22.3 Å². The van der Waals surface area contributed by atoms with Crippen molar-refractivity contribution >= 4 is 28.5 Å². The highest BCUT2D eigenvalue weighted by molar-refractivity contribution is 6.40. The number of Topliss-reactive ketones (excluding diaryl/α,β-unsaturated/α-hetero) is 3. The summed E-state index contributed by atoms with van der Waals surface area (Å²) < 4.78 is 0. The molecule has 0 amide bonds. The molecule has 1 fully saturated rings. The molecule has 0 radical (unpaired) electrons. The van der Waals surface area contributed by atoms with Crippen LogP contribution in [0.15, 0.2) is 71.8 Å². The minimum atomic E-state index is -0.424. The van der Waals surface area contributed by atoms with Gasteiger partial charge < -0.3 is 0 Å². The van der Waals surface area contributed by atoms with E-state index in [-0.39, 0.29) is 23.3 Å². The van der Waals surface area contributed by atoms with Crippen LogP contribution in [-0.2, 0) is 4.79 Å². The number of carbonyl (C=O) groups is 3. The van der Waals surface area contributed by atoms with E-state index in [1.165, 1.54) is 0 Å². The van der Waals surface area contributed by atoms with Crippen LogP contribution in [0.4, 0.5) is 0 Å². The van der Waals surface area contributed by atoms with Crippen LogP contribution in [0.25, 0.3) is 11.1 Å². The van der Waals surface area contributed by atoms with Crippen molar-refractivity contribution in [3.05, 3.63) is 116 Å². The van der Waals surface area contributed by atoms with Crippen LogP contribution >= 0.6 is 0 Å². The third-order valence-electron chi connectivity index (χ3n) is 8.03. The number of aryl methyl sites for hydroxylation is 1. The highest BCUT2D eigenvalue weighted by Gasteiger charge is 2.59. The van der Waals surface area contributed by atoms with E-state index in [4.69, 9.17) is 0 Å². The summed E-state index contributed by atoms with van der Waals surface area (Å²) in [4.78, 5) is 41.8. The fourth-order valence-electron chi connectivity index (χ4n) is 7.03. The minimum absolute atomic E-state index is 0.0511. The van der Waals surface area contributed by atoms with Crippen LogP contribution < -0.4 is 0 Å². The van der Waals surface area contributed by atoms with Crippen LogP contribution in [-0.4, -0.2) is 17.3 Å². The molecule has 3 aromatic rings. The molecule has 3 nitrogen and oxygen atoms in total. The maximum absolute atomic E-state index is 14.1. The zero-order chi connectivity index (χ0) is 21.5. The van der Waals surface area contributed by atoms with Gasteiger partial charge in [0.1, 0.15) is 0 Å². The third kappa shape index (κ3) is 1.59. The van der Waals surface area contributed by atoms with Gasteiger partial charge in [0.25, 0.3) is 0 Å². The first-order valence-corrected chi connectivity index (χ1v) is 11.0. The molecule has 5 aliphatic carbocycles. The van der Waals surface area contributed by atoms with E-state index in [1.807, 2.05) is 67.6 Å². The first-order valence-electron chi connectivity index (χ1n) is 11.0. The Labute approximate surface area is 184 Å². The molecule has 8 rings (SSSR count). The van der Waals surface area contributed by atoms with Crippen LogP contribution in [0.5, 0.6) is 0 Å². The van der Waals surface area contributed by atoms with Gasteiger partial charge >= 0.3 is 0 Å². The molecule has 0 bridgehead atoms. The number of rotatable bonds is 0. The number of ketones is 3. The first-order chi connectivity index (χ1) is 15.6. The Morgan fingerprint density at radius 1 is 0.594 bits per heavy atom. The van der Waals surface area contributed by atoms with Crippen LogP contribution in [0.1, 0.15) is 71.9 Å². The molecule has 2 unspecified atom stereocenters. The maximum atomic E-state index is 14.1. The average molecular weight is 412 g/mol. The molecule has 0 aromatic heterocycles. The normalized spacial score (nSPS) is 25.3. The number of fused-ring (bicyclic) bond motifs is 6. The van der Waals surface area contributed by atoms with Gasteiger partial charge in [-0.15, -0.1) is 0 Å². The standard InChI is InChI=1S/C29H16O3/c1-12-10-17-19-18(11-12)28(31)21-14-7-3-5-9-16(14)23-26(21)24(19)25-20(27(17)30)13-6-2-4-8-15(13)22(25)29(23)32/h2-11,22-24H,1H3. The fraction of sp³-hybridized carbons (Fsp3) is 0.138. The predicted octanol–water partition coefficient (Wildman–Crippen LogP) is 5.16. The highest BCUT2D eigenvalue weighted by atomic mass is 16.1. The summed E-state index contributed by atoms with van der Waals surface area (Å²) in [6.45, 7) is 1.94. The molecule has 0 N–H and O–H groups in total. The summed E-state index contributed by atoms with van der Waals surface area (Å²) in [5.41, 5.74) is 9.80. The van der Waals surface area contributed by atoms with Crippen molar-refractivity contribution < 1.29 is 14.4 Å². The molecule has 0 spiro atoms. The van der Waals surface area contributed by atoms with Crippen LogP contribution in [0.2, 0.25) is 0 Å². The maximum Gasteiger partial charge on any atom is 0.194 e. The molecule has 2 atom stereocenters. The second kappa shape index (κ2) is 5.13. The third-order valence-corrected chi connectivity index (χ3v) is 8.03. The SMILES string of the molecule is Cc1cc2c3c(c1)C(=O)C1=C4C(C(=O)C5C(=C(C2=O)c2ccccc25)C43)c2ccccc21. The summed E-state index contributed by atoms with van der Waals surface area (Å²) in [6, 6.07) is 19.5. The molecule has 0 aliphatic heterocycles. The molecule has 32 heavy (non-hydrogen) atoms. The van der Waals surface area contributed by atoms with Gasteiger partial charge in [-0.05, 0) is 63.6 Å². The molecule has 3 aromatic carbocycles. The summed E-state index contributed by atoms with van der Waals surface area (Å²) in [5.74, 6) is -1.04. The highest BCUT2D eigenvalue weighted by Crippen LogP contribution is 2.67.